The van der Waals surface area contributed by atoms with Crippen molar-refractivity contribution in [2.75, 3.05) is 6.54 Å². The van der Waals surface area contributed by atoms with Crippen molar-refractivity contribution < 1.29 is 4.39 Å². The quantitative estimate of drug-likeness (QED) is 0.729. The number of halogens is 1. The van der Waals surface area contributed by atoms with E-state index in [1.165, 1.54) is 18.9 Å². The van der Waals surface area contributed by atoms with Gasteiger partial charge in [0.2, 0.25) is 0 Å². The van der Waals surface area contributed by atoms with Gasteiger partial charge in [-0.2, -0.15) is 0 Å². The van der Waals surface area contributed by atoms with Crippen molar-refractivity contribution in [1.82, 2.24) is 5.32 Å². The smallest absolute Gasteiger partial charge is 0.130 e. The van der Waals surface area contributed by atoms with Crippen LogP contribution in [-0.2, 0) is 0 Å². The molecule has 0 heterocycles. The molecule has 0 amide bonds. The molecule has 0 spiro atoms. The first-order valence-corrected chi connectivity index (χ1v) is 5.51. The third-order valence-electron chi connectivity index (χ3n) is 2.52. The van der Waals surface area contributed by atoms with Gasteiger partial charge in [0, 0.05) is 11.6 Å². The average Bonchev–Trinajstić information content (AvgIpc) is 3.04. The maximum Gasteiger partial charge on any atom is 0.130 e. The maximum atomic E-state index is 13.2. The summed E-state index contributed by atoms with van der Waals surface area (Å²) in [5.41, 5.74) is 0.670. The standard InChI is InChI=1S/C13H16FN/c14-13-7-2-1-5-11(13)6-3-4-10-15-12-8-9-12/h1-3,5-7,12,15H,4,8-10H2. The van der Waals surface area contributed by atoms with E-state index in [0.717, 1.165) is 19.0 Å². The molecule has 0 saturated heterocycles. The number of benzene rings is 1. The maximum absolute atomic E-state index is 13.2. The minimum Gasteiger partial charge on any atom is -0.314 e. The van der Waals surface area contributed by atoms with Crippen LogP contribution in [0.2, 0.25) is 0 Å². The second-order valence-electron chi connectivity index (χ2n) is 3.94. The van der Waals surface area contributed by atoms with Gasteiger partial charge in [0.05, 0.1) is 0 Å². The molecular weight excluding hydrogens is 189 g/mol. The topological polar surface area (TPSA) is 12.0 Å². The van der Waals surface area contributed by atoms with Gasteiger partial charge >= 0.3 is 0 Å². The Morgan fingerprint density at radius 1 is 1.33 bits per heavy atom. The fourth-order valence-corrected chi connectivity index (χ4v) is 1.48. The Kier molecular flexibility index (Phi) is 3.51. The first kappa shape index (κ1) is 10.4. The van der Waals surface area contributed by atoms with Crippen LogP contribution in [0.4, 0.5) is 4.39 Å². The largest absolute Gasteiger partial charge is 0.314 e. The van der Waals surface area contributed by atoms with Crippen LogP contribution in [0.15, 0.2) is 30.3 Å². The molecule has 0 bridgehead atoms. The minimum absolute atomic E-state index is 0.149. The molecule has 2 rings (SSSR count). The number of hydrogen-bond acceptors (Lipinski definition) is 1. The molecule has 80 valence electrons. The molecule has 2 heteroatoms. The highest BCUT2D eigenvalue weighted by Gasteiger charge is 2.19. The Hall–Kier alpha value is -1.15. The van der Waals surface area contributed by atoms with E-state index in [2.05, 4.69) is 5.32 Å². The SMILES string of the molecule is Fc1ccccc1C=CCCNC1CC1. The Morgan fingerprint density at radius 3 is 2.87 bits per heavy atom. The summed E-state index contributed by atoms with van der Waals surface area (Å²) in [5.74, 6) is -0.149. The Labute approximate surface area is 90.0 Å². The van der Waals surface area contributed by atoms with Gasteiger partial charge in [0.15, 0.2) is 0 Å². The first-order chi connectivity index (χ1) is 7.36. The Morgan fingerprint density at radius 2 is 2.13 bits per heavy atom. The molecule has 1 N–H and O–H groups in total. The van der Waals surface area contributed by atoms with Crippen molar-refractivity contribution in [2.45, 2.75) is 25.3 Å². The van der Waals surface area contributed by atoms with E-state index in [0.29, 0.717) is 5.56 Å². The summed E-state index contributed by atoms with van der Waals surface area (Å²) in [7, 11) is 0. The molecule has 1 aromatic rings. The van der Waals surface area contributed by atoms with Gasteiger partial charge in [-0.1, -0.05) is 30.4 Å². The van der Waals surface area contributed by atoms with E-state index in [4.69, 9.17) is 0 Å². The third kappa shape index (κ3) is 3.48. The summed E-state index contributed by atoms with van der Waals surface area (Å²) in [6.07, 6.45) is 7.47. The predicted octanol–water partition coefficient (Wildman–Crippen LogP) is 2.98. The summed E-state index contributed by atoms with van der Waals surface area (Å²) in [5, 5.41) is 3.41. The van der Waals surface area contributed by atoms with E-state index < -0.39 is 0 Å². The molecule has 0 unspecified atom stereocenters. The molecule has 0 aliphatic heterocycles. The van der Waals surface area contributed by atoms with Crippen LogP contribution in [-0.4, -0.2) is 12.6 Å². The molecule has 1 nitrogen and oxygen atoms in total. The fourth-order valence-electron chi connectivity index (χ4n) is 1.48. The molecule has 1 aliphatic rings. The molecule has 1 aromatic carbocycles. The number of hydrogen-bond donors (Lipinski definition) is 1. The summed E-state index contributed by atoms with van der Waals surface area (Å²) >= 11 is 0. The van der Waals surface area contributed by atoms with Gasteiger partial charge in [-0.15, -0.1) is 0 Å². The molecule has 15 heavy (non-hydrogen) atoms. The molecule has 1 fully saturated rings. The second kappa shape index (κ2) is 5.08. The molecule has 0 aromatic heterocycles. The Balaban J connectivity index is 1.74. The van der Waals surface area contributed by atoms with Crippen LogP contribution >= 0.6 is 0 Å². The van der Waals surface area contributed by atoms with E-state index >= 15 is 0 Å². The van der Waals surface area contributed by atoms with Crippen molar-refractivity contribution >= 4 is 6.08 Å². The molecule has 0 atom stereocenters. The van der Waals surface area contributed by atoms with Gasteiger partial charge < -0.3 is 5.32 Å². The minimum atomic E-state index is -0.149. The summed E-state index contributed by atoms with van der Waals surface area (Å²) < 4.78 is 13.2. The van der Waals surface area contributed by atoms with Gasteiger partial charge in [-0.05, 0) is 31.9 Å². The average molecular weight is 205 g/mol. The fraction of sp³-hybridized carbons (Fsp3) is 0.385. The highest BCUT2D eigenvalue weighted by atomic mass is 19.1. The van der Waals surface area contributed by atoms with Crippen LogP contribution in [0.1, 0.15) is 24.8 Å². The lowest BCUT2D eigenvalue weighted by Gasteiger charge is -1.98. The number of nitrogens with one attached hydrogen (secondary N) is 1. The zero-order chi connectivity index (χ0) is 10.5. The van der Waals surface area contributed by atoms with Crippen molar-refractivity contribution in [2.24, 2.45) is 0 Å². The first-order valence-electron chi connectivity index (χ1n) is 5.51. The second-order valence-corrected chi connectivity index (χ2v) is 3.94. The van der Waals surface area contributed by atoms with Crippen molar-refractivity contribution in [1.29, 1.82) is 0 Å². The monoisotopic (exact) mass is 205 g/mol. The summed E-state index contributed by atoms with van der Waals surface area (Å²) in [6.45, 7) is 0.996. The van der Waals surface area contributed by atoms with Crippen LogP contribution in [0.5, 0.6) is 0 Å². The van der Waals surface area contributed by atoms with Crippen LogP contribution < -0.4 is 5.32 Å². The van der Waals surface area contributed by atoms with Gasteiger partial charge in [-0.25, -0.2) is 4.39 Å². The van der Waals surface area contributed by atoms with Crippen molar-refractivity contribution in [3.8, 4) is 0 Å². The van der Waals surface area contributed by atoms with Crippen LogP contribution in [0, 0.1) is 5.82 Å². The van der Waals surface area contributed by atoms with Crippen molar-refractivity contribution in [3.05, 3.63) is 41.7 Å². The van der Waals surface area contributed by atoms with Gasteiger partial charge in [0.1, 0.15) is 5.82 Å². The lowest BCUT2D eigenvalue weighted by atomic mass is 10.2. The highest BCUT2D eigenvalue weighted by molar-refractivity contribution is 5.49. The highest BCUT2D eigenvalue weighted by Crippen LogP contribution is 2.18. The van der Waals surface area contributed by atoms with Gasteiger partial charge in [-0.3, -0.25) is 0 Å². The van der Waals surface area contributed by atoms with Gasteiger partial charge in [0.25, 0.3) is 0 Å². The van der Waals surface area contributed by atoms with E-state index in [-0.39, 0.29) is 5.82 Å². The molecule has 1 saturated carbocycles. The third-order valence-corrected chi connectivity index (χ3v) is 2.52. The van der Waals surface area contributed by atoms with E-state index in [9.17, 15) is 4.39 Å². The zero-order valence-corrected chi connectivity index (χ0v) is 8.75. The molecule has 0 radical (unpaired) electrons. The van der Waals surface area contributed by atoms with E-state index in [1.807, 2.05) is 18.2 Å². The lowest BCUT2D eigenvalue weighted by Crippen LogP contribution is -2.16. The molecule has 1 aliphatic carbocycles. The molecular formula is C13H16FN. The van der Waals surface area contributed by atoms with Crippen molar-refractivity contribution in [3.63, 3.8) is 0 Å². The summed E-state index contributed by atoms with van der Waals surface area (Å²) in [6, 6.07) is 7.60. The van der Waals surface area contributed by atoms with Crippen LogP contribution in [0.25, 0.3) is 6.08 Å². The van der Waals surface area contributed by atoms with Crippen LogP contribution in [0.3, 0.4) is 0 Å². The Bertz CT molecular complexity index is 342. The lowest BCUT2D eigenvalue weighted by molar-refractivity contribution is 0.625. The summed E-state index contributed by atoms with van der Waals surface area (Å²) in [4.78, 5) is 0. The normalized spacial score (nSPS) is 16.1. The number of rotatable bonds is 5. The van der Waals surface area contributed by atoms with E-state index in [1.54, 1.807) is 12.1 Å². The zero-order valence-electron chi connectivity index (χ0n) is 8.75. The predicted molar refractivity (Wildman–Crippen MR) is 61.1 cm³/mol.